The number of likely N-dealkylation sites (tertiary alicyclic amines) is 1. The van der Waals surface area contributed by atoms with E-state index >= 15 is 0 Å². The highest BCUT2D eigenvalue weighted by atomic mass is 16.5. The molecule has 1 aliphatic rings. The molecule has 0 spiro atoms. The molecule has 1 aliphatic heterocycles. The van der Waals surface area contributed by atoms with Crippen LogP contribution in [-0.2, 0) is 0 Å². The summed E-state index contributed by atoms with van der Waals surface area (Å²) in [5.41, 5.74) is 1.42. The molecule has 1 N–H and O–H groups in total. The molecule has 2 aromatic rings. The van der Waals surface area contributed by atoms with E-state index < -0.39 is 0 Å². The van der Waals surface area contributed by atoms with Gasteiger partial charge in [0.15, 0.2) is 0 Å². The lowest BCUT2D eigenvalue weighted by Crippen LogP contribution is -2.35. The summed E-state index contributed by atoms with van der Waals surface area (Å²) >= 11 is 0. The molecule has 6 heteroatoms. The first-order valence-electron chi connectivity index (χ1n) is 8.01. The molecule has 23 heavy (non-hydrogen) atoms. The lowest BCUT2D eigenvalue weighted by atomic mass is 10.1. The number of carbonyl (C=O) groups is 1. The molecule has 0 saturated carbocycles. The van der Waals surface area contributed by atoms with Crippen LogP contribution in [-0.4, -0.2) is 45.2 Å². The highest BCUT2D eigenvalue weighted by Crippen LogP contribution is 2.25. The van der Waals surface area contributed by atoms with Crippen LogP contribution in [0.2, 0.25) is 0 Å². The standard InChI is InChI=1S/C17H21N3O3/c1-12-18-16(19-23-12)13-5-2-6-14(11-13)17(22)20-9-3-7-15(20)8-4-10-21/h2,5-6,11,15,21H,3-4,7-10H2,1H3. The van der Waals surface area contributed by atoms with Gasteiger partial charge >= 0.3 is 0 Å². The van der Waals surface area contributed by atoms with E-state index in [1.807, 2.05) is 29.2 Å². The summed E-state index contributed by atoms with van der Waals surface area (Å²) in [7, 11) is 0. The van der Waals surface area contributed by atoms with Crippen LogP contribution in [0.3, 0.4) is 0 Å². The monoisotopic (exact) mass is 315 g/mol. The Labute approximate surface area is 135 Å². The highest BCUT2D eigenvalue weighted by Gasteiger charge is 2.29. The van der Waals surface area contributed by atoms with Gasteiger partial charge in [-0.15, -0.1) is 0 Å². The fraction of sp³-hybridized carbons (Fsp3) is 0.471. The van der Waals surface area contributed by atoms with Gasteiger partial charge in [-0.3, -0.25) is 4.79 Å². The van der Waals surface area contributed by atoms with E-state index in [4.69, 9.17) is 9.63 Å². The van der Waals surface area contributed by atoms with Crippen LogP contribution >= 0.6 is 0 Å². The number of rotatable bonds is 5. The molecular weight excluding hydrogens is 294 g/mol. The maximum Gasteiger partial charge on any atom is 0.254 e. The van der Waals surface area contributed by atoms with E-state index in [9.17, 15) is 4.79 Å². The van der Waals surface area contributed by atoms with Gasteiger partial charge in [0.25, 0.3) is 5.91 Å². The van der Waals surface area contributed by atoms with Gasteiger partial charge in [0, 0.05) is 37.2 Å². The Morgan fingerprint density at radius 3 is 3.09 bits per heavy atom. The summed E-state index contributed by atoms with van der Waals surface area (Å²) in [6.07, 6.45) is 3.61. The zero-order chi connectivity index (χ0) is 16.2. The fourth-order valence-corrected chi connectivity index (χ4v) is 3.10. The average Bonchev–Trinajstić information content (AvgIpc) is 3.21. The topological polar surface area (TPSA) is 79.5 Å². The summed E-state index contributed by atoms with van der Waals surface area (Å²) < 4.78 is 5.00. The Balaban J connectivity index is 1.79. The van der Waals surface area contributed by atoms with Crippen molar-refractivity contribution in [3.63, 3.8) is 0 Å². The van der Waals surface area contributed by atoms with Gasteiger partial charge in [0.1, 0.15) is 0 Å². The molecule has 0 aliphatic carbocycles. The molecule has 3 rings (SSSR count). The lowest BCUT2D eigenvalue weighted by Gasteiger charge is -2.24. The smallest absolute Gasteiger partial charge is 0.254 e. The second-order valence-electron chi connectivity index (χ2n) is 5.88. The number of nitrogens with zero attached hydrogens (tertiary/aromatic N) is 3. The molecule has 1 atom stereocenters. The first-order valence-corrected chi connectivity index (χ1v) is 8.01. The van der Waals surface area contributed by atoms with Crippen LogP contribution in [0.1, 0.15) is 41.9 Å². The molecule has 1 unspecified atom stereocenters. The van der Waals surface area contributed by atoms with Crippen molar-refractivity contribution in [2.45, 2.75) is 38.6 Å². The van der Waals surface area contributed by atoms with Crippen LogP contribution < -0.4 is 0 Å². The number of aromatic nitrogens is 2. The van der Waals surface area contributed by atoms with Gasteiger partial charge in [0.05, 0.1) is 0 Å². The third-order valence-corrected chi connectivity index (χ3v) is 4.23. The van der Waals surface area contributed by atoms with Crippen LogP contribution in [0.15, 0.2) is 28.8 Å². The van der Waals surface area contributed by atoms with E-state index in [1.54, 1.807) is 6.92 Å². The Morgan fingerprint density at radius 1 is 1.48 bits per heavy atom. The van der Waals surface area contributed by atoms with E-state index in [2.05, 4.69) is 10.1 Å². The number of carbonyl (C=O) groups excluding carboxylic acids is 1. The summed E-state index contributed by atoms with van der Waals surface area (Å²) in [6.45, 7) is 2.69. The molecule has 6 nitrogen and oxygen atoms in total. The number of hydrogen-bond acceptors (Lipinski definition) is 5. The molecule has 0 bridgehead atoms. The summed E-state index contributed by atoms with van der Waals surface area (Å²) in [5, 5.41) is 12.9. The molecular formula is C17H21N3O3. The average molecular weight is 315 g/mol. The van der Waals surface area contributed by atoms with Gasteiger partial charge in [-0.1, -0.05) is 17.3 Å². The minimum atomic E-state index is 0.0347. The number of aryl methyl sites for hydroxylation is 1. The first-order chi connectivity index (χ1) is 11.2. The zero-order valence-corrected chi connectivity index (χ0v) is 13.2. The fourth-order valence-electron chi connectivity index (χ4n) is 3.10. The van der Waals surface area contributed by atoms with Crippen molar-refractivity contribution >= 4 is 5.91 Å². The Kier molecular flexibility index (Phi) is 4.71. The predicted octanol–water partition coefficient (Wildman–Crippen LogP) is 2.42. The molecule has 1 amide bonds. The molecule has 1 aromatic carbocycles. The van der Waals surface area contributed by atoms with Crippen LogP contribution in [0, 0.1) is 6.92 Å². The predicted molar refractivity (Wildman–Crippen MR) is 84.8 cm³/mol. The van der Waals surface area contributed by atoms with Crippen molar-refractivity contribution in [3.8, 4) is 11.4 Å². The maximum absolute atomic E-state index is 12.8. The molecule has 1 fully saturated rings. The van der Waals surface area contributed by atoms with Gasteiger partial charge < -0.3 is 14.5 Å². The van der Waals surface area contributed by atoms with E-state index in [0.717, 1.165) is 37.8 Å². The summed E-state index contributed by atoms with van der Waals surface area (Å²) in [4.78, 5) is 18.9. The normalized spacial score (nSPS) is 17.7. The highest BCUT2D eigenvalue weighted by molar-refractivity contribution is 5.95. The number of benzene rings is 1. The quantitative estimate of drug-likeness (QED) is 0.916. The van der Waals surface area contributed by atoms with Crippen LogP contribution in [0.5, 0.6) is 0 Å². The summed E-state index contributed by atoms with van der Waals surface area (Å²) in [6, 6.07) is 7.57. The van der Waals surface area contributed by atoms with Gasteiger partial charge in [-0.25, -0.2) is 0 Å². The Morgan fingerprint density at radius 2 is 2.35 bits per heavy atom. The third-order valence-electron chi connectivity index (χ3n) is 4.23. The molecule has 0 radical (unpaired) electrons. The van der Waals surface area contributed by atoms with Gasteiger partial charge in [-0.05, 0) is 37.8 Å². The Hall–Kier alpha value is -2.21. The van der Waals surface area contributed by atoms with Crippen LogP contribution in [0.4, 0.5) is 0 Å². The van der Waals surface area contributed by atoms with Gasteiger partial charge in [-0.2, -0.15) is 4.98 Å². The van der Waals surface area contributed by atoms with Gasteiger partial charge in [0.2, 0.25) is 11.7 Å². The molecule has 1 saturated heterocycles. The lowest BCUT2D eigenvalue weighted by molar-refractivity contribution is 0.0724. The minimum Gasteiger partial charge on any atom is -0.396 e. The van der Waals surface area contributed by atoms with Crippen molar-refractivity contribution < 1.29 is 14.4 Å². The van der Waals surface area contributed by atoms with E-state index in [0.29, 0.717) is 17.3 Å². The summed E-state index contributed by atoms with van der Waals surface area (Å²) in [5.74, 6) is 1.03. The van der Waals surface area contributed by atoms with Crippen LogP contribution in [0.25, 0.3) is 11.4 Å². The van der Waals surface area contributed by atoms with E-state index in [-0.39, 0.29) is 18.6 Å². The minimum absolute atomic E-state index is 0.0347. The zero-order valence-electron chi connectivity index (χ0n) is 13.2. The number of aliphatic hydroxyl groups is 1. The van der Waals surface area contributed by atoms with Crippen molar-refractivity contribution in [2.75, 3.05) is 13.2 Å². The maximum atomic E-state index is 12.8. The first kappa shape index (κ1) is 15.7. The van der Waals surface area contributed by atoms with Crippen molar-refractivity contribution in [1.82, 2.24) is 15.0 Å². The van der Waals surface area contributed by atoms with E-state index in [1.165, 1.54) is 0 Å². The number of amides is 1. The SMILES string of the molecule is Cc1nc(-c2cccc(C(=O)N3CCCC3CCCO)c2)no1. The number of hydrogen-bond donors (Lipinski definition) is 1. The largest absolute Gasteiger partial charge is 0.396 e. The molecule has 1 aromatic heterocycles. The van der Waals surface area contributed by atoms with Crippen molar-refractivity contribution in [2.24, 2.45) is 0 Å². The second-order valence-corrected chi connectivity index (χ2v) is 5.88. The Bertz CT molecular complexity index is 683. The number of aliphatic hydroxyl groups excluding tert-OH is 1. The molecule has 2 heterocycles. The molecule has 122 valence electrons. The second kappa shape index (κ2) is 6.91. The van der Waals surface area contributed by atoms with Crippen molar-refractivity contribution in [1.29, 1.82) is 0 Å². The third kappa shape index (κ3) is 3.42. The van der Waals surface area contributed by atoms with Crippen molar-refractivity contribution in [3.05, 3.63) is 35.7 Å².